The number of hydrogen-bond donors (Lipinski definition) is 0. The Balaban J connectivity index is 1.34. The first kappa shape index (κ1) is 27.1. The third-order valence-corrected chi connectivity index (χ3v) is 8.02. The number of rotatable bonds is 11. The van der Waals surface area contributed by atoms with Crippen LogP contribution in [0, 0.1) is 5.82 Å². The number of sulfonamides is 1. The van der Waals surface area contributed by atoms with Gasteiger partial charge < -0.3 is 9.47 Å². The predicted molar refractivity (Wildman–Crippen MR) is 153 cm³/mol. The van der Waals surface area contributed by atoms with Gasteiger partial charge in [-0.05, 0) is 77.4 Å². The lowest BCUT2D eigenvalue weighted by Gasteiger charge is -2.23. The van der Waals surface area contributed by atoms with Crippen LogP contribution in [-0.2, 0) is 29.7 Å². The molecule has 202 valence electrons. The lowest BCUT2D eigenvalue weighted by atomic mass is 10.2. The normalized spacial score (nSPS) is 11.3. The molecule has 0 aromatic heterocycles. The third kappa shape index (κ3) is 7.14. The van der Waals surface area contributed by atoms with Crippen LogP contribution in [0.25, 0.3) is 0 Å². The lowest BCUT2D eigenvalue weighted by molar-refractivity contribution is 0.306. The van der Waals surface area contributed by atoms with Gasteiger partial charge in [-0.15, -0.1) is 0 Å². The van der Waals surface area contributed by atoms with E-state index in [2.05, 4.69) is 0 Å². The Labute approximate surface area is 234 Å². The van der Waals surface area contributed by atoms with Gasteiger partial charge in [0.1, 0.15) is 29.7 Å². The summed E-state index contributed by atoms with van der Waals surface area (Å²) in [6.45, 7) is 0.541. The summed E-state index contributed by atoms with van der Waals surface area (Å²) in [6.07, 6.45) is 0. The molecule has 0 radical (unpaired) electrons. The van der Waals surface area contributed by atoms with E-state index in [9.17, 15) is 12.8 Å². The second-order valence-corrected chi connectivity index (χ2v) is 11.1. The Morgan fingerprint density at radius 2 is 1.15 bits per heavy atom. The van der Waals surface area contributed by atoms with Crippen molar-refractivity contribution >= 4 is 10.0 Å². The number of hydrogen-bond acceptors (Lipinski definition) is 4. The molecule has 5 rings (SSSR count). The van der Waals surface area contributed by atoms with E-state index in [0.29, 0.717) is 29.4 Å². The van der Waals surface area contributed by atoms with Crippen LogP contribution in [0.5, 0.6) is 17.2 Å². The van der Waals surface area contributed by atoms with Crippen molar-refractivity contribution < 1.29 is 22.3 Å². The van der Waals surface area contributed by atoms with E-state index in [-0.39, 0.29) is 18.0 Å². The maximum Gasteiger partial charge on any atom is 0.243 e. The minimum absolute atomic E-state index is 0.00855. The molecule has 0 saturated heterocycles. The van der Waals surface area contributed by atoms with Gasteiger partial charge in [0, 0.05) is 13.1 Å². The molecule has 5 aromatic carbocycles. The van der Waals surface area contributed by atoms with Gasteiger partial charge in [0.2, 0.25) is 10.0 Å². The topological polar surface area (TPSA) is 55.8 Å². The molecule has 7 heteroatoms. The van der Waals surface area contributed by atoms with E-state index in [1.807, 2.05) is 84.9 Å². The molecule has 0 N–H and O–H groups in total. The van der Waals surface area contributed by atoms with E-state index in [1.54, 1.807) is 24.3 Å². The van der Waals surface area contributed by atoms with Crippen molar-refractivity contribution in [1.29, 1.82) is 0 Å². The van der Waals surface area contributed by atoms with Crippen molar-refractivity contribution in [3.63, 3.8) is 0 Å². The zero-order chi connectivity index (χ0) is 27.8. The minimum Gasteiger partial charge on any atom is -0.489 e. The van der Waals surface area contributed by atoms with Crippen LogP contribution < -0.4 is 9.47 Å². The van der Waals surface area contributed by atoms with Gasteiger partial charge in [0.05, 0.1) is 4.90 Å². The second-order valence-electron chi connectivity index (χ2n) is 9.21. The van der Waals surface area contributed by atoms with Gasteiger partial charge >= 0.3 is 0 Å². The maximum absolute atomic E-state index is 13.9. The summed E-state index contributed by atoms with van der Waals surface area (Å²) in [5.41, 5.74) is 2.38. The first-order chi connectivity index (χ1) is 19.5. The van der Waals surface area contributed by atoms with E-state index in [0.717, 1.165) is 11.1 Å². The SMILES string of the molecule is O=S(=O)(c1ccc(Oc2ccccc2)cc1)N(Cc1ccc(OCc2ccccc2)cc1)Cc1cccc(F)c1. The molecule has 0 aliphatic rings. The maximum atomic E-state index is 13.9. The fourth-order valence-electron chi connectivity index (χ4n) is 4.15. The Morgan fingerprint density at radius 3 is 1.82 bits per heavy atom. The molecule has 0 fully saturated rings. The second kappa shape index (κ2) is 12.6. The van der Waals surface area contributed by atoms with Gasteiger partial charge in [-0.3, -0.25) is 0 Å². The molecule has 0 unspecified atom stereocenters. The zero-order valence-corrected chi connectivity index (χ0v) is 22.5. The van der Waals surface area contributed by atoms with Crippen molar-refractivity contribution in [3.8, 4) is 17.2 Å². The molecule has 5 aromatic rings. The number of benzene rings is 5. The molecule has 0 aliphatic heterocycles. The van der Waals surface area contributed by atoms with Crippen LogP contribution >= 0.6 is 0 Å². The molecule has 0 bridgehead atoms. The third-order valence-electron chi connectivity index (χ3n) is 6.22. The first-order valence-corrected chi connectivity index (χ1v) is 14.2. The largest absolute Gasteiger partial charge is 0.489 e. The highest BCUT2D eigenvalue weighted by molar-refractivity contribution is 7.89. The Hall–Kier alpha value is -4.46. The first-order valence-electron chi connectivity index (χ1n) is 12.8. The Bertz CT molecular complexity index is 1630. The molecule has 0 spiro atoms. The van der Waals surface area contributed by atoms with Crippen molar-refractivity contribution in [2.45, 2.75) is 24.6 Å². The summed E-state index contributed by atoms with van der Waals surface area (Å²) in [6, 6.07) is 38.7. The van der Waals surface area contributed by atoms with E-state index in [1.165, 1.54) is 28.6 Å². The van der Waals surface area contributed by atoms with Crippen LogP contribution in [0.3, 0.4) is 0 Å². The van der Waals surface area contributed by atoms with Gasteiger partial charge in [0.15, 0.2) is 0 Å². The smallest absolute Gasteiger partial charge is 0.243 e. The molecule has 0 amide bonds. The standard InChI is InChI=1S/C33H28FNO4S/c34-29-11-7-10-28(22-29)24-35(23-26-14-16-30(17-15-26)38-25-27-8-3-1-4-9-27)40(36,37)33-20-18-32(19-21-33)39-31-12-5-2-6-13-31/h1-22H,23-25H2. The fourth-order valence-corrected chi connectivity index (χ4v) is 5.57. The molecule has 0 atom stereocenters. The van der Waals surface area contributed by atoms with Crippen LogP contribution in [0.2, 0.25) is 0 Å². The summed E-state index contributed by atoms with van der Waals surface area (Å²) in [7, 11) is -3.93. The highest BCUT2D eigenvalue weighted by Crippen LogP contribution is 2.26. The Kier molecular flexibility index (Phi) is 8.54. The number of halogens is 1. The van der Waals surface area contributed by atoms with E-state index >= 15 is 0 Å². The molecule has 5 nitrogen and oxygen atoms in total. The molecule has 0 saturated carbocycles. The van der Waals surface area contributed by atoms with Crippen molar-refractivity contribution in [2.24, 2.45) is 0 Å². The van der Waals surface area contributed by atoms with Crippen LogP contribution in [0.1, 0.15) is 16.7 Å². The average Bonchev–Trinajstić information content (AvgIpc) is 2.98. The minimum atomic E-state index is -3.93. The number of nitrogens with zero attached hydrogens (tertiary/aromatic N) is 1. The highest BCUT2D eigenvalue weighted by atomic mass is 32.2. The number of ether oxygens (including phenoxy) is 2. The van der Waals surface area contributed by atoms with Gasteiger partial charge in [-0.25, -0.2) is 12.8 Å². The van der Waals surface area contributed by atoms with Gasteiger partial charge in [-0.2, -0.15) is 4.31 Å². The average molecular weight is 554 g/mol. The van der Waals surface area contributed by atoms with Crippen LogP contribution in [0.15, 0.2) is 138 Å². The molecular weight excluding hydrogens is 525 g/mol. The van der Waals surface area contributed by atoms with Crippen LogP contribution in [0.4, 0.5) is 4.39 Å². The van der Waals surface area contributed by atoms with Gasteiger partial charge in [-0.1, -0.05) is 72.8 Å². The summed E-state index contributed by atoms with van der Waals surface area (Å²) < 4.78 is 54.5. The predicted octanol–water partition coefficient (Wildman–Crippen LogP) is 7.59. The molecule has 40 heavy (non-hydrogen) atoms. The van der Waals surface area contributed by atoms with Crippen molar-refractivity contribution in [3.05, 3.63) is 156 Å². The Morgan fingerprint density at radius 1 is 0.575 bits per heavy atom. The van der Waals surface area contributed by atoms with Crippen LogP contribution in [-0.4, -0.2) is 12.7 Å². The molecule has 0 aliphatic carbocycles. The van der Waals surface area contributed by atoms with Crippen molar-refractivity contribution in [2.75, 3.05) is 0 Å². The van der Waals surface area contributed by atoms with E-state index in [4.69, 9.17) is 9.47 Å². The molecule has 0 heterocycles. The fraction of sp³-hybridized carbons (Fsp3) is 0.0909. The zero-order valence-electron chi connectivity index (χ0n) is 21.7. The monoisotopic (exact) mass is 553 g/mol. The summed E-state index contributed by atoms with van der Waals surface area (Å²) in [5.74, 6) is 1.44. The highest BCUT2D eigenvalue weighted by Gasteiger charge is 2.25. The molecular formula is C33H28FNO4S. The quantitative estimate of drug-likeness (QED) is 0.169. The summed E-state index contributed by atoms with van der Waals surface area (Å²) in [4.78, 5) is 0.118. The summed E-state index contributed by atoms with van der Waals surface area (Å²) >= 11 is 0. The van der Waals surface area contributed by atoms with Crippen molar-refractivity contribution in [1.82, 2.24) is 4.31 Å². The summed E-state index contributed by atoms with van der Waals surface area (Å²) in [5, 5.41) is 0. The number of para-hydroxylation sites is 1. The lowest BCUT2D eigenvalue weighted by Crippen LogP contribution is -2.30. The van der Waals surface area contributed by atoms with E-state index < -0.39 is 15.8 Å². The van der Waals surface area contributed by atoms with Gasteiger partial charge in [0.25, 0.3) is 0 Å².